The number of anilines is 2. The second kappa shape index (κ2) is 6.54. The van der Waals surface area contributed by atoms with Crippen molar-refractivity contribution in [3.05, 3.63) is 40.8 Å². The van der Waals surface area contributed by atoms with E-state index in [-0.39, 0.29) is 11.3 Å². The van der Waals surface area contributed by atoms with E-state index >= 15 is 0 Å². The molecule has 2 aromatic rings. The highest BCUT2D eigenvalue weighted by Crippen LogP contribution is 2.35. The second-order valence-electron chi connectivity index (χ2n) is 5.49. The van der Waals surface area contributed by atoms with Crippen molar-refractivity contribution in [1.29, 1.82) is 0 Å². The van der Waals surface area contributed by atoms with Crippen LogP contribution < -0.4 is 10.2 Å². The minimum atomic E-state index is -4.49. The molecule has 8 heteroatoms. The van der Waals surface area contributed by atoms with Crippen LogP contribution in [0.3, 0.4) is 0 Å². The standard InChI is InChI=1S/C16H18F3N3O2/c1-5-11-14(9(2)24-21-11)15(23)20-12-8-10(16(17,18)19)6-7-13(12)22(3)4/h6-8H,5H2,1-4H3,(H,20,23). The zero-order chi connectivity index (χ0) is 18.1. The van der Waals surface area contributed by atoms with Crippen LogP contribution in [0.2, 0.25) is 0 Å². The Morgan fingerprint density at radius 2 is 2.00 bits per heavy atom. The number of benzene rings is 1. The molecule has 1 amide bonds. The van der Waals surface area contributed by atoms with Crippen LogP contribution in [0, 0.1) is 6.92 Å². The molecule has 0 saturated heterocycles. The molecular formula is C16H18F3N3O2. The lowest BCUT2D eigenvalue weighted by Crippen LogP contribution is -2.19. The van der Waals surface area contributed by atoms with Crippen LogP contribution in [0.25, 0.3) is 0 Å². The molecule has 0 radical (unpaired) electrons. The number of amides is 1. The molecule has 0 fully saturated rings. The van der Waals surface area contributed by atoms with Gasteiger partial charge in [0.2, 0.25) is 0 Å². The fraction of sp³-hybridized carbons (Fsp3) is 0.375. The number of alkyl halides is 3. The molecule has 0 atom stereocenters. The molecule has 2 rings (SSSR count). The molecule has 0 unspecified atom stereocenters. The average Bonchev–Trinajstić information content (AvgIpc) is 2.86. The van der Waals surface area contributed by atoms with Crippen LogP contribution in [0.15, 0.2) is 22.7 Å². The maximum Gasteiger partial charge on any atom is 0.416 e. The highest BCUT2D eigenvalue weighted by atomic mass is 19.4. The Labute approximate surface area is 137 Å². The third-order valence-electron chi connectivity index (χ3n) is 3.55. The van der Waals surface area contributed by atoms with Crippen LogP contribution in [-0.2, 0) is 12.6 Å². The van der Waals surface area contributed by atoms with Gasteiger partial charge in [-0.15, -0.1) is 0 Å². The second-order valence-corrected chi connectivity index (χ2v) is 5.49. The smallest absolute Gasteiger partial charge is 0.376 e. The Bertz CT molecular complexity index is 752. The highest BCUT2D eigenvalue weighted by molar-refractivity contribution is 6.07. The topological polar surface area (TPSA) is 58.4 Å². The van der Waals surface area contributed by atoms with Gasteiger partial charge in [0, 0.05) is 14.1 Å². The van der Waals surface area contributed by atoms with Crippen LogP contribution in [0.5, 0.6) is 0 Å². The van der Waals surface area contributed by atoms with Crippen molar-refractivity contribution in [3.63, 3.8) is 0 Å². The predicted octanol–water partition coefficient (Wildman–Crippen LogP) is 3.88. The number of aryl methyl sites for hydroxylation is 2. The van der Waals surface area contributed by atoms with Gasteiger partial charge in [0.1, 0.15) is 11.3 Å². The number of carbonyl (C=O) groups excluding carboxylic acids is 1. The first-order valence-corrected chi connectivity index (χ1v) is 7.30. The Kier molecular flexibility index (Phi) is 4.86. The summed E-state index contributed by atoms with van der Waals surface area (Å²) in [5.41, 5.74) is 0.412. The summed E-state index contributed by atoms with van der Waals surface area (Å²) in [7, 11) is 3.36. The van der Waals surface area contributed by atoms with E-state index in [1.807, 2.05) is 6.92 Å². The van der Waals surface area contributed by atoms with E-state index < -0.39 is 17.6 Å². The number of nitrogens with one attached hydrogen (secondary N) is 1. The third-order valence-corrected chi connectivity index (χ3v) is 3.55. The molecular weight excluding hydrogens is 323 g/mol. The van der Waals surface area contributed by atoms with Gasteiger partial charge in [0.15, 0.2) is 0 Å². The lowest BCUT2D eigenvalue weighted by Gasteiger charge is -2.19. The van der Waals surface area contributed by atoms with Crippen LogP contribution in [0.1, 0.15) is 34.3 Å². The minimum Gasteiger partial charge on any atom is -0.376 e. The molecule has 0 spiro atoms. The highest BCUT2D eigenvalue weighted by Gasteiger charge is 2.31. The molecule has 0 aliphatic heterocycles. The van der Waals surface area contributed by atoms with Gasteiger partial charge in [-0.3, -0.25) is 4.79 Å². The molecule has 5 nitrogen and oxygen atoms in total. The summed E-state index contributed by atoms with van der Waals surface area (Å²) >= 11 is 0. The van der Waals surface area contributed by atoms with E-state index in [0.717, 1.165) is 12.1 Å². The quantitative estimate of drug-likeness (QED) is 0.917. The van der Waals surface area contributed by atoms with Gasteiger partial charge < -0.3 is 14.7 Å². The lowest BCUT2D eigenvalue weighted by molar-refractivity contribution is -0.137. The van der Waals surface area contributed by atoms with Crippen molar-refractivity contribution in [2.45, 2.75) is 26.4 Å². The lowest BCUT2D eigenvalue weighted by atomic mass is 10.1. The van der Waals surface area contributed by atoms with E-state index in [1.54, 1.807) is 25.9 Å². The molecule has 0 bridgehead atoms. The molecule has 1 heterocycles. The van der Waals surface area contributed by atoms with Crippen LogP contribution >= 0.6 is 0 Å². The fourth-order valence-corrected chi connectivity index (χ4v) is 2.34. The molecule has 1 N–H and O–H groups in total. The van der Waals surface area contributed by atoms with E-state index in [2.05, 4.69) is 10.5 Å². The summed E-state index contributed by atoms with van der Waals surface area (Å²) in [5.74, 6) is -0.226. The summed E-state index contributed by atoms with van der Waals surface area (Å²) in [5, 5.41) is 6.33. The van der Waals surface area contributed by atoms with E-state index in [0.29, 0.717) is 23.6 Å². The summed E-state index contributed by atoms with van der Waals surface area (Å²) in [6.45, 7) is 3.39. The number of halogens is 3. The molecule has 1 aromatic carbocycles. The van der Waals surface area contributed by atoms with Gasteiger partial charge in [0.05, 0.1) is 22.6 Å². The minimum absolute atomic E-state index is 0.0717. The molecule has 1 aromatic heterocycles. The van der Waals surface area contributed by atoms with Gasteiger partial charge in [-0.05, 0) is 31.5 Å². The largest absolute Gasteiger partial charge is 0.416 e. The summed E-state index contributed by atoms with van der Waals surface area (Å²) in [6.07, 6.45) is -4.02. The van der Waals surface area contributed by atoms with Gasteiger partial charge in [-0.25, -0.2) is 0 Å². The van der Waals surface area contributed by atoms with Crippen molar-refractivity contribution >= 4 is 17.3 Å². The molecule has 24 heavy (non-hydrogen) atoms. The summed E-state index contributed by atoms with van der Waals surface area (Å²) in [6, 6.07) is 3.22. The van der Waals surface area contributed by atoms with Crippen LogP contribution in [0.4, 0.5) is 24.5 Å². The van der Waals surface area contributed by atoms with Gasteiger partial charge in [0.25, 0.3) is 5.91 Å². The van der Waals surface area contributed by atoms with Gasteiger partial charge in [-0.2, -0.15) is 13.2 Å². The maximum atomic E-state index is 12.9. The molecule has 0 aliphatic carbocycles. The number of aromatic nitrogens is 1. The van der Waals surface area contributed by atoms with Gasteiger partial charge in [-0.1, -0.05) is 12.1 Å². The molecule has 130 valence electrons. The van der Waals surface area contributed by atoms with E-state index in [4.69, 9.17) is 4.52 Å². The predicted molar refractivity (Wildman–Crippen MR) is 84.3 cm³/mol. The Balaban J connectivity index is 2.43. The molecule has 0 saturated carbocycles. The van der Waals surface area contributed by atoms with Gasteiger partial charge >= 0.3 is 6.18 Å². The zero-order valence-electron chi connectivity index (χ0n) is 13.8. The van der Waals surface area contributed by atoms with Crippen molar-refractivity contribution in [1.82, 2.24) is 5.16 Å². The third kappa shape index (κ3) is 3.52. The summed E-state index contributed by atoms with van der Waals surface area (Å²) < 4.78 is 43.8. The van der Waals surface area contributed by atoms with Crippen molar-refractivity contribution in [2.24, 2.45) is 0 Å². The van der Waals surface area contributed by atoms with Crippen molar-refractivity contribution in [2.75, 3.05) is 24.3 Å². The normalized spacial score (nSPS) is 11.5. The average molecular weight is 341 g/mol. The SMILES string of the molecule is CCc1noc(C)c1C(=O)Nc1cc(C(F)(F)F)ccc1N(C)C. The number of hydrogen-bond donors (Lipinski definition) is 1. The fourth-order valence-electron chi connectivity index (χ4n) is 2.34. The van der Waals surface area contributed by atoms with Crippen molar-refractivity contribution in [3.8, 4) is 0 Å². The first-order chi connectivity index (χ1) is 11.1. The maximum absolute atomic E-state index is 12.9. The Morgan fingerprint density at radius 3 is 2.54 bits per heavy atom. The Morgan fingerprint density at radius 1 is 1.33 bits per heavy atom. The van der Waals surface area contributed by atoms with Crippen LogP contribution in [-0.4, -0.2) is 25.2 Å². The van der Waals surface area contributed by atoms with E-state index in [9.17, 15) is 18.0 Å². The first kappa shape index (κ1) is 17.8. The zero-order valence-corrected chi connectivity index (χ0v) is 13.8. The van der Waals surface area contributed by atoms with Crippen molar-refractivity contribution < 1.29 is 22.5 Å². The number of hydrogen-bond acceptors (Lipinski definition) is 4. The monoisotopic (exact) mass is 341 g/mol. The number of rotatable bonds is 4. The molecule has 0 aliphatic rings. The first-order valence-electron chi connectivity index (χ1n) is 7.30. The van der Waals surface area contributed by atoms with E-state index in [1.165, 1.54) is 6.07 Å². The Hall–Kier alpha value is -2.51. The number of carbonyl (C=O) groups is 1. The number of nitrogens with zero attached hydrogens (tertiary/aromatic N) is 2. The summed E-state index contributed by atoms with van der Waals surface area (Å²) in [4.78, 5) is 14.1.